The van der Waals surface area contributed by atoms with Crippen molar-refractivity contribution in [2.75, 3.05) is 13.6 Å². The SMILES string of the molecule is CC[C@@H](NC(=O)NC1CCN(C)C1=O)C(=O)O. The molecule has 1 unspecified atom stereocenters. The average molecular weight is 243 g/mol. The summed E-state index contributed by atoms with van der Waals surface area (Å²) in [6.07, 6.45) is 0.841. The highest BCUT2D eigenvalue weighted by Gasteiger charge is 2.30. The van der Waals surface area contributed by atoms with E-state index in [1.807, 2.05) is 0 Å². The third-order valence-corrected chi connectivity index (χ3v) is 2.74. The van der Waals surface area contributed by atoms with E-state index in [1.165, 1.54) is 4.90 Å². The van der Waals surface area contributed by atoms with Crippen LogP contribution in [0, 0.1) is 0 Å². The van der Waals surface area contributed by atoms with E-state index < -0.39 is 24.1 Å². The summed E-state index contributed by atoms with van der Waals surface area (Å²) in [5.41, 5.74) is 0. The van der Waals surface area contributed by atoms with E-state index in [1.54, 1.807) is 14.0 Å². The maximum absolute atomic E-state index is 11.5. The Labute approximate surface area is 99.2 Å². The number of nitrogens with zero attached hydrogens (tertiary/aromatic N) is 1. The Kier molecular flexibility index (Phi) is 4.30. The quantitative estimate of drug-likeness (QED) is 0.612. The molecule has 0 aliphatic carbocycles. The zero-order chi connectivity index (χ0) is 13.0. The van der Waals surface area contributed by atoms with Crippen LogP contribution in [-0.4, -0.2) is 53.6 Å². The summed E-state index contributed by atoms with van der Waals surface area (Å²) < 4.78 is 0. The number of hydrogen-bond donors (Lipinski definition) is 3. The van der Waals surface area contributed by atoms with Gasteiger partial charge in [0.1, 0.15) is 12.1 Å². The van der Waals surface area contributed by atoms with E-state index in [2.05, 4.69) is 10.6 Å². The number of aliphatic carboxylic acids is 1. The molecule has 1 aliphatic heterocycles. The Morgan fingerprint density at radius 3 is 2.65 bits per heavy atom. The van der Waals surface area contributed by atoms with E-state index in [0.29, 0.717) is 19.4 Å². The molecule has 2 atom stereocenters. The Morgan fingerprint density at radius 2 is 2.24 bits per heavy atom. The first-order chi connectivity index (χ1) is 7.95. The minimum Gasteiger partial charge on any atom is -0.480 e. The van der Waals surface area contributed by atoms with Gasteiger partial charge in [-0.1, -0.05) is 6.92 Å². The second-order valence-corrected chi connectivity index (χ2v) is 4.02. The normalized spacial score (nSPS) is 21.2. The summed E-state index contributed by atoms with van der Waals surface area (Å²) in [5.74, 6) is -1.24. The van der Waals surface area contributed by atoms with Gasteiger partial charge in [0.2, 0.25) is 5.91 Å². The van der Waals surface area contributed by atoms with Crippen molar-refractivity contribution in [3.05, 3.63) is 0 Å². The minimum atomic E-state index is -1.09. The number of carbonyl (C=O) groups excluding carboxylic acids is 2. The molecule has 7 heteroatoms. The van der Waals surface area contributed by atoms with Crippen molar-refractivity contribution in [2.24, 2.45) is 0 Å². The number of likely N-dealkylation sites (N-methyl/N-ethyl adjacent to an activating group) is 1. The first-order valence-corrected chi connectivity index (χ1v) is 5.50. The van der Waals surface area contributed by atoms with Gasteiger partial charge in [0, 0.05) is 13.6 Å². The number of hydrogen-bond acceptors (Lipinski definition) is 3. The molecule has 0 spiro atoms. The van der Waals surface area contributed by atoms with Crippen molar-refractivity contribution in [1.29, 1.82) is 0 Å². The number of rotatable bonds is 4. The number of urea groups is 1. The van der Waals surface area contributed by atoms with Gasteiger partial charge >= 0.3 is 12.0 Å². The fraction of sp³-hybridized carbons (Fsp3) is 0.700. The molecule has 1 rings (SSSR count). The predicted octanol–water partition coefficient (Wildman–Crippen LogP) is -0.620. The Balaban J connectivity index is 2.44. The lowest BCUT2D eigenvalue weighted by atomic mass is 10.2. The van der Waals surface area contributed by atoms with Crippen molar-refractivity contribution < 1.29 is 19.5 Å². The maximum Gasteiger partial charge on any atom is 0.326 e. The molecular formula is C10H17N3O4. The molecule has 17 heavy (non-hydrogen) atoms. The van der Waals surface area contributed by atoms with E-state index in [4.69, 9.17) is 5.11 Å². The average Bonchev–Trinajstić information content (AvgIpc) is 2.57. The first-order valence-electron chi connectivity index (χ1n) is 5.50. The zero-order valence-electron chi connectivity index (χ0n) is 9.90. The highest BCUT2D eigenvalue weighted by molar-refractivity contribution is 5.89. The summed E-state index contributed by atoms with van der Waals surface area (Å²) in [5, 5.41) is 13.5. The van der Waals surface area contributed by atoms with Crippen molar-refractivity contribution >= 4 is 17.9 Å². The monoisotopic (exact) mass is 243 g/mol. The summed E-state index contributed by atoms with van der Waals surface area (Å²) in [6, 6.07) is -2.09. The van der Waals surface area contributed by atoms with Gasteiger partial charge < -0.3 is 20.6 Å². The molecule has 3 N–H and O–H groups in total. The fourth-order valence-corrected chi connectivity index (χ4v) is 1.65. The van der Waals surface area contributed by atoms with Gasteiger partial charge in [0.15, 0.2) is 0 Å². The molecule has 3 amide bonds. The van der Waals surface area contributed by atoms with E-state index in [0.717, 1.165) is 0 Å². The van der Waals surface area contributed by atoms with Gasteiger partial charge in [-0.05, 0) is 12.8 Å². The third-order valence-electron chi connectivity index (χ3n) is 2.74. The van der Waals surface area contributed by atoms with E-state index in [-0.39, 0.29) is 5.91 Å². The smallest absolute Gasteiger partial charge is 0.326 e. The van der Waals surface area contributed by atoms with Crippen LogP contribution < -0.4 is 10.6 Å². The molecule has 0 saturated carbocycles. The van der Waals surface area contributed by atoms with Crippen LogP contribution in [0.2, 0.25) is 0 Å². The lowest BCUT2D eigenvalue weighted by Crippen LogP contribution is -2.50. The zero-order valence-corrected chi connectivity index (χ0v) is 9.90. The molecule has 96 valence electrons. The predicted molar refractivity (Wildman–Crippen MR) is 59.4 cm³/mol. The molecule has 1 heterocycles. The number of carboxylic acids is 1. The maximum atomic E-state index is 11.5. The summed E-state index contributed by atoms with van der Waals surface area (Å²) >= 11 is 0. The van der Waals surface area contributed by atoms with Crippen molar-refractivity contribution in [2.45, 2.75) is 31.8 Å². The van der Waals surface area contributed by atoms with E-state index in [9.17, 15) is 14.4 Å². The van der Waals surface area contributed by atoms with Crippen molar-refractivity contribution in [1.82, 2.24) is 15.5 Å². The fourth-order valence-electron chi connectivity index (χ4n) is 1.65. The number of likely N-dealkylation sites (tertiary alicyclic amines) is 1. The minimum absolute atomic E-state index is 0.150. The molecule has 0 aromatic rings. The number of nitrogens with one attached hydrogen (secondary N) is 2. The van der Waals surface area contributed by atoms with Crippen LogP contribution in [-0.2, 0) is 9.59 Å². The van der Waals surface area contributed by atoms with Gasteiger partial charge in [-0.15, -0.1) is 0 Å². The number of carboxylic acid groups (broad SMARTS) is 1. The standard InChI is InChI=1S/C10H17N3O4/c1-3-6(9(15)16)11-10(17)12-7-4-5-13(2)8(7)14/h6-7H,3-5H2,1-2H3,(H,15,16)(H2,11,12,17)/t6-,7?/m1/s1. The highest BCUT2D eigenvalue weighted by atomic mass is 16.4. The van der Waals surface area contributed by atoms with Crippen LogP contribution in [0.4, 0.5) is 4.79 Å². The van der Waals surface area contributed by atoms with Gasteiger partial charge in [-0.2, -0.15) is 0 Å². The van der Waals surface area contributed by atoms with Gasteiger partial charge in [0.25, 0.3) is 0 Å². The summed E-state index contributed by atoms with van der Waals surface area (Å²) in [6.45, 7) is 2.26. The summed E-state index contributed by atoms with van der Waals surface area (Å²) in [4.78, 5) is 35.2. The van der Waals surface area contributed by atoms with Crippen molar-refractivity contribution in [3.8, 4) is 0 Å². The third kappa shape index (κ3) is 3.33. The molecule has 1 aliphatic rings. The molecule has 7 nitrogen and oxygen atoms in total. The van der Waals surface area contributed by atoms with Crippen LogP contribution in [0.15, 0.2) is 0 Å². The van der Waals surface area contributed by atoms with Gasteiger partial charge in [0.05, 0.1) is 0 Å². The molecule has 1 saturated heterocycles. The Bertz CT molecular complexity index is 332. The lowest BCUT2D eigenvalue weighted by molar-refractivity contribution is -0.139. The van der Waals surface area contributed by atoms with Crippen LogP contribution in [0.25, 0.3) is 0 Å². The second kappa shape index (κ2) is 5.51. The summed E-state index contributed by atoms with van der Waals surface area (Å²) in [7, 11) is 1.66. The molecular weight excluding hydrogens is 226 g/mol. The Hall–Kier alpha value is -1.79. The Morgan fingerprint density at radius 1 is 1.59 bits per heavy atom. The van der Waals surface area contributed by atoms with Crippen LogP contribution >= 0.6 is 0 Å². The molecule has 0 bridgehead atoms. The first kappa shape index (κ1) is 13.3. The van der Waals surface area contributed by atoms with Gasteiger partial charge in [-0.3, -0.25) is 4.79 Å². The molecule has 0 aromatic heterocycles. The van der Waals surface area contributed by atoms with E-state index >= 15 is 0 Å². The lowest BCUT2D eigenvalue weighted by Gasteiger charge is -2.16. The number of amides is 3. The highest BCUT2D eigenvalue weighted by Crippen LogP contribution is 2.08. The van der Waals surface area contributed by atoms with Crippen LogP contribution in [0.3, 0.4) is 0 Å². The molecule has 0 aromatic carbocycles. The van der Waals surface area contributed by atoms with Crippen LogP contribution in [0.5, 0.6) is 0 Å². The topological polar surface area (TPSA) is 98.7 Å². The van der Waals surface area contributed by atoms with Crippen molar-refractivity contribution in [3.63, 3.8) is 0 Å². The van der Waals surface area contributed by atoms with Gasteiger partial charge in [-0.25, -0.2) is 9.59 Å². The largest absolute Gasteiger partial charge is 0.480 e. The second-order valence-electron chi connectivity index (χ2n) is 4.02. The molecule has 1 fully saturated rings. The number of carbonyl (C=O) groups is 3. The molecule has 0 radical (unpaired) electrons. The van der Waals surface area contributed by atoms with Crippen LogP contribution in [0.1, 0.15) is 19.8 Å².